The topological polar surface area (TPSA) is 59.8 Å². The van der Waals surface area contributed by atoms with Gasteiger partial charge in [-0.15, -0.1) is 0 Å². The predicted octanol–water partition coefficient (Wildman–Crippen LogP) is 4.80. The Morgan fingerprint density at radius 3 is 2.41 bits per heavy atom. The average Bonchev–Trinajstić information content (AvgIpc) is 3.10. The van der Waals surface area contributed by atoms with Gasteiger partial charge in [0.05, 0.1) is 18.3 Å². The van der Waals surface area contributed by atoms with Gasteiger partial charge in [0.1, 0.15) is 11.4 Å². The van der Waals surface area contributed by atoms with Crippen LogP contribution >= 0.6 is 0 Å². The number of rotatable bonds is 11. The number of methoxy groups -OCH3 is 1. The molecule has 0 aliphatic heterocycles. The first-order chi connectivity index (χ1) is 15.4. The van der Waals surface area contributed by atoms with E-state index in [1.165, 1.54) is 5.56 Å². The molecule has 0 saturated heterocycles. The molecule has 0 aliphatic rings. The third kappa shape index (κ3) is 5.97. The van der Waals surface area contributed by atoms with E-state index in [1.807, 2.05) is 49.5 Å². The third-order valence-electron chi connectivity index (χ3n) is 5.75. The molecule has 0 amide bonds. The van der Waals surface area contributed by atoms with E-state index in [2.05, 4.69) is 37.8 Å². The Bertz CT molecular complexity index is 970. The summed E-state index contributed by atoms with van der Waals surface area (Å²) >= 11 is 0. The maximum Gasteiger partial charge on any atom is 0.222 e. The summed E-state index contributed by atoms with van der Waals surface area (Å²) in [6.45, 7) is 7.81. The number of benzene rings is 2. The lowest BCUT2D eigenvalue weighted by atomic mass is 10.1. The van der Waals surface area contributed by atoms with Crippen molar-refractivity contribution in [1.82, 2.24) is 14.7 Å². The molecule has 32 heavy (non-hydrogen) atoms. The minimum atomic E-state index is -0.563. The van der Waals surface area contributed by atoms with Crippen LogP contribution in [-0.2, 0) is 18.3 Å². The number of ether oxygens (including phenoxy) is 2. The van der Waals surface area contributed by atoms with E-state index in [1.54, 1.807) is 11.8 Å². The van der Waals surface area contributed by atoms with Crippen LogP contribution in [0.2, 0.25) is 0 Å². The van der Waals surface area contributed by atoms with Gasteiger partial charge in [0.2, 0.25) is 5.88 Å². The Labute approximate surface area is 191 Å². The molecule has 1 N–H and O–H groups in total. The Morgan fingerprint density at radius 1 is 1.09 bits per heavy atom. The van der Waals surface area contributed by atoms with Crippen molar-refractivity contribution in [2.24, 2.45) is 7.05 Å². The van der Waals surface area contributed by atoms with Gasteiger partial charge in [-0.2, -0.15) is 5.10 Å². The highest BCUT2D eigenvalue weighted by molar-refractivity contribution is 5.65. The molecule has 0 bridgehead atoms. The zero-order chi connectivity index (χ0) is 23.1. The van der Waals surface area contributed by atoms with Crippen molar-refractivity contribution < 1.29 is 14.6 Å². The molecule has 3 aromatic rings. The van der Waals surface area contributed by atoms with Crippen LogP contribution in [0.25, 0.3) is 11.3 Å². The summed E-state index contributed by atoms with van der Waals surface area (Å²) in [6.07, 6.45) is 0.404. The van der Waals surface area contributed by atoms with Crippen molar-refractivity contribution >= 4 is 0 Å². The molecule has 0 saturated carbocycles. The van der Waals surface area contributed by atoms with E-state index in [0.29, 0.717) is 25.6 Å². The second-order valence-electron chi connectivity index (χ2n) is 8.33. The normalized spacial score (nSPS) is 13.3. The zero-order valence-corrected chi connectivity index (χ0v) is 19.8. The summed E-state index contributed by atoms with van der Waals surface area (Å²) < 4.78 is 13.3. The minimum absolute atomic E-state index is 0.276. The summed E-state index contributed by atoms with van der Waals surface area (Å²) in [5.74, 6) is 1.48. The van der Waals surface area contributed by atoms with E-state index < -0.39 is 6.10 Å². The first-order valence-corrected chi connectivity index (χ1v) is 11.2. The van der Waals surface area contributed by atoms with Crippen LogP contribution < -0.4 is 4.74 Å². The highest BCUT2D eigenvalue weighted by atomic mass is 16.5. The number of aromatic nitrogens is 2. The molecule has 1 aromatic heterocycles. The van der Waals surface area contributed by atoms with Crippen molar-refractivity contribution in [2.45, 2.75) is 45.9 Å². The fraction of sp³-hybridized carbons (Fsp3) is 0.423. The molecule has 1 heterocycles. The van der Waals surface area contributed by atoms with E-state index >= 15 is 0 Å². The first-order valence-electron chi connectivity index (χ1n) is 11.2. The first kappa shape index (κ1) is 24.0. The van der Waals surface area contributed by atoms with Crippen LogP contribution in [0, 0.1) is 6.92 Å². The molecule has 0 fully saturated rings. The van der Waals surface area contributed by atoms with Crippen LogP contribution in [0.1, 0.15) is 31.4 Å². The largest absolute Gasteiger partial charge is 0.439 e. The van der Waals surface area contributed by atoms with Gasteiger partial charge in [-0.05, 0) is 32.4 Å². The highest BCUT2D eigenvalue weighted by Crippen LogP contribution is 2.34. The molecule has 2 atom stereocenters. The summed E-state index contributed by atoms with van der Waals surface area (Å²) in [6, 6.07) is 18.5. The van der Waals surface area contributed by atoms with Gasteiger partial charge in [0.15, 0.2) is 0 Å². The standard InChI is InChI=1S/C26H35N3O3/c1-6-20(3)29(16-22(30)18-31-5)17-24-25(21-10-8-7-9-11-21)27-28(4)26(24)32-23-14-12-19(2)13-15-23/h7-15,20,22,30H,6,16-18H2,1-5H3. The Kier molecular flexibility index (Phi) is 8.45. The summed E-state index contributed by atoms with van der Waals surface area (Å²) in [5.41, 5.74) is 4.12. The van der Waals surface area contributed by atoms with Crippen LogP contribution in [0.4, 0.5) is 0 Å². The molecule has 0 aliphatic carbocycles. The fourth-order valence-electron chi connectivity index (χ4n) is 3.75. The number of hydrogen-bond acceptors (Lipinski definition) is 5. The minimum Gasteiger partial charge on any atom is -0.439 e. The second-order valence-corrected chi connectivity index (χ2v) is 8.33. The SMILES string of the molecule is CCC(C)N(Cc1c(-c2ccccc2)nn(C)c1Oc1ccc(C)cc1)CC(O)COC. The Balaban J connectivity index is 2.02. The Morgan fingerprint density at radius 2 is 1.78 bits per heavy atom. The van der Waals surface area contributed by atoms with Crippen molar-refractivity contribution in [1.29, 1.82) is 0 Å². The average molecular weight is 438 g/mol. The van der Waals surface area contributed by atoms with Gasteiger partial charge in [-0.1, -0.05) is 55.0 Å². The van der Waals surface area contributed by atoms with Gasteiger partial charge in [-0.3, -0.25) is 4.90 Å². The van der Waals surface area contributed by atoms with Gasteiger partial charge in [0, 0.05) is 38.9 Å². The lowest BCUT2D eigenvalue weighted by molar-refractivity contribution is 0.0253. The zero-order valence-electron chi connectivity index (χ0n) is 19.8. The maximum atomic E-state index is 10.4. The monoisotopic (exact) mass is 437 g/mol. The molecule has 6 nitrogen and oxygen atoms in total. The number of hydrogen-bond donors (Lipinski definition) is 1. The van der Waals surface area contributed by atoms with Crippen LogP contribution in [0.5, 0.6) is 11.6 Å². The molecular formula is C26H35N3O3. The molecule has 3 rings (SSSR count). The number of aliphatic hydroxyl groups excluding tert-OH is 1. The number of nitrogens with zero attached hydrogens (tertiary/aromatic N) is 3. The van der Waals surface area contributed by atoms with E-state index in [-0.39, 0.29) is 6.04 Å². The molecule has 172 valence electrons. The smallest absolute Gasteiger partial charge is 0.222 e. The quantitative estimate of drug-likeness (QED) is 0.467. The van der Waals surface area contributed by atoms with Gasteiger partial charge in [0.25, 0.3) is 0 Å². The molecule has 0 radical (unpaired) electrons. The number of aliphatic hydroxyl groups is 1. The molecule has 2 unspecified atom stereocenters. The lowest BCUT2D eigenvalue weighted by Crippen LogP contribution is -2.39. The van der Waals surface area contributed by atoms with Gasteiger partial charge < -0.3 is 14.6 Å². The van der Waals surface area contributed by atoms with Crippen LogP contribution in [0.3, 0.4) is 0 Å². The summed E-state index contributed by atoms with van der Waals surface area (Å²) in [4.78, 5) is 2.27. The fourth-order valence-corrected chi connectivity index (χ4v) is 3.75. The van der Waals surface area contributed by atoms with Crippen molar-refractivity contribution in [3.63, 3.8) is 0 Å². The third-order valence-corrected chi connectivity index (χ3v) is 5.75. The van der Waals surface area contributed by atoms with Crippen molar-refractivity contribution in [2.75, 3.05) is 20.3 Å². The van der Waals surface area contributed by atoms with Crippen molar-refractivity contribution in [3.05, 3.63) is 65.7 Å². The van der Waals surface area contributed by atoms with Crippen molar-refractivity contribution in [3.8, 4) is 22.9 Å². The highest BCUT2D eigenvalue weighted by Gasteiger charge is 2.25. The van der Waals surface area contributed by atoms with E-state index in [9.17, 15) is 5.11 Å². The van der Waals surface area contributed by atoms with Crippen LogP contribution in [-0.4, -0.2) is 52.2 Å². The summed E-state index contributed by atoms with van der Waals surface area (Å²) in [7, 11) is 3.52. The van der Waals surface area contributed by atoms with Gasteiger partial charge >= 0.3 is 0 Å². The molecule has 0 spiro atoms. The Hall–Kier alpha value is -2.67. The lowest BCUT2D eigenvalue weighted by Gasteiger charge is -2.30. The van der Waals surface area contributed by atoms with E-state index in [0.717, 1.165) is 29.0 Å². The maximum absolute atomic E-state index is 10.4. The van der Waals surface area contributed by atoms with Gasteiger partial charge in [-0.25, -0.2) is 4.68 Å². The van der Waals surface area contributed by atoms with E-state index in [4.69, 9.17) is 14.6 Å². The molecule has 2 aromatic carbocycles. The second kappa shape index (κ2) is 11.3. The molecule has 6 heteroatoms. The number of aryl methyl sites for hydroxylation is 2. The molecular weight excluding hydrogens is 402 g/mol. The predicted molar refractivity (Wildman–Crippen MR) is 128 cm³/mol. The summed E-state index contributed by atoms with van der Waals surface area (Å²) in [5, 5.41) is 15.3. The van der Waals surface area contributed by atoms with Crippen LogP contribution in [0.15, 0.2) is 54.6 Å².